The lowest BCUT2D eigenvalue weighted by atomic mass is 10.9. The maximum atomic E-state index is 10.6. The number of carbonyl (C=O) groups excluding carboxylic acids is 2. The van der Waals surface area contributed by atoms with Crippen LogP contribution in [0.4, 0.5) is 12.0 Å². The van der Waals surface area contributed by atoms with E-state index in [2.05, 4.69) is 24.4 Å². The van der Waals surface area contributed by atoms with Crippen molar-refractivity contribution in [1.29, 1.82) is 0 Å². The Labute approximate surface area is 69.7 Å². The van der Waals surface area contributed by atoms with Crippen LogP contribution >= 0.6 is 0 Å². The monoisotopic (exact) mass is 180 g/mol. The first-order chi connectivity index (χ1) is 6.26. The summed E-state index contributed by atoms with van der Waals surface area (Å²) in [6.07, 6.45) is 2.20. The highest BCUT2D eigenvalue weighted by Gasteiger charge is 2.01. The second-order valence-corrected chi connectivity index (χ2v) is 1.58. The van der Waals surface area contributed by atoms with Gasteiger partial charge >= 0.3 is 11.8 Å². The third-order valence-corrected chi connectivity index (χ3v) is 0.852. The summed E-state index contributed by atoms with van der Waals surface area (Å²) >= 11 is 0. The van der Waals surface area contributed by atoms with Crippen molar-refractivity contribution in [3.8, 4) is 0 Å². The van der Waals surface area contributed by atoms with Gasteiger partial charge in [-0.2, -0.15) is 4.98 Å². The fraction of sp³-hybridized carbons (Fsp3) is 0. The molecule has 8 nitrogen and oxygen atoms in total. The summed E-state index contributed by atoms with van der Waals surface area (Å²) in [5.41, 5.74) is 0. The van der Waals surface area contributed by atoms with E-state index < -0.39 is 17.7 Å². The first kappa shape index (κ1) is 8.66. The molecule has 1 rings (SSSR count). The number of hydrogen-bond donors (Lipinski definition) is 0. The predicted octanol–water partition coefficient (Wildman–Crippen LogP) is -0.636. The maximum absolute atomic E-state index is 10.6. The molecule has 13 heavy (non-hydrogen) atoms. The van der Waals surface area contributed by atoms with E-state index in [0.29, 0.717) is 0 Å². The Morgan fingerprint density at radius 2 is 1.85 bits per heavy atom. The lowest BCUT2D eigenvalue weighted by Crippen LogP contribution is -2.03. The Kier molecular flexibility index (Phi) is 2.54. The molecule has 0 spiro atoms. The van der Waals surface area contributed by atoms with Crippen LogP contribution in [0.1, 0.15) is 0 Å². The smallest absolute Gasteiger partial charge is 0.372 e. The van der Waals surface area contributed by atoms with Crippen molar-refractivity contribution < 1.29 is 14.0 Å². The molecule has 0 fully saturated rings. The summed E-state index contributed by atoms with van der Waals surface area (Å²) in [5, 5.41) is 0. The summed E-state index contributed by atoms with van der Waals surface area (Å²) in [6, 6.07) is -0.566. The summed E-state index contributed by atoms with van der Waals surface area (Å²) in [7, 11) is 0. The molecular weight excluding hydrogens is 180 g/mol. The number of aromatic nitrogens is 2. The van der Waals surface area contributed by atoms with Crippen LogP contribution in [0.15, 0.2) is 19.2 Å². The van der Waals surface area contributed by atoms with E-state index in [1.165, 1.54) is 0 Å². The predicted molar refractivity (Wildman–Crippen MR) is 36.1 cm³/mol. The molecule has 0 N–H and O–H groups in total. The largest absolute Gasteiger partial charge is 0.444 e. The summed E-state index contributed by atoms with van der Waals surface area (Å²) in [4.78, 5) is 42.2. The standard InChI is InChI=1S/C5N4O4/c10-1-6-3-8-4(7-2-11)13-5(12)9-3. The molecule has 0 radical (unpaired) electrons. The van der Waals surface area contributed by atoms with Crippen LogP contribution in [0.25, 0.3) is 0 Å². The number of rotatable bonds is 2. The van der Waals surface area contributed by atoms with E-state index in [9.17, 15) is 14.4 Å². The van der Waals surface area contributed by atoms with E-state index in [4.69, 9.17) is 0 Å². The van der Waals surface area contributed by atoms with Crippen LogP contribution in [-0.4, -0.2) is 22.1 Å². The molecule has 0 amide bonds. The van der Waals surface area contributed by atoms with Gasteiger partial charge in [0.25, 0.3) is 5.95 Å². The molecule has 0 saturated heterocycles. The van der Waals surface area contributed by atoms with Gasteiger partial charge in [0, 0.05) is 0 Å². The van der Waals surface area contributed by atoms with Gasteiger partial charge in [0.1, 0.15) is 0 Å². The van der Waals surface area contributed by atoms with E-state index in [1.54, 1.807) is 0 Å². The van der Waals surface area contributed by atoms with Gasteiger partial charge in [0.15, 0.2) is 0 Å². The first-order valence-corrected chi connectivity index (χ1v) is 2.81. The van der Waals surface area contributed by atoms with Crippen molar-refractivity contribution >= 4 is 24.1 Å². The van der Waals surface area contributed by atoms with Crippen LogP contribution in [0.3, 0.4) is 0 Å². The van der Waals surface area contributed by atoms with Crippen molar-refractivity contribution in [2.75, 3.05) is 0 Å². The summed E-state index contributed by atoms with van der Waals surface area (Å²) in [5.74, 6) is -1.54. The lowest BCUT2D eigenvalue weighted by Gasteiger charge is -1.86. The molecule has 0 unspecified atom stereocenters. The second kappa shape index (κ2) is 3.82. The van der Waals surface area contributed by atoms with Gasteiger partial charge in [-0.15, -0.1) is 15.0 Å². The van der Waals surface area contributed by atoms with Crippen LogP contribution in [0.5, 0.6) is 0 Å². The molecule has 0 aliphatic heterocycles. The Morgan fingerprint density at radius 3 is 2.46 bits per heavy atom. The molecule has 8 heteroatoms. The zero-order valence-electron chi connectivity index (χ0n) is 5.92. The Bertz CT molecular complexity index is 426. The van der Waals surface area contributed by atoms with Crippen LogP contribution in [-0.2, 0) is 9.59 Å². The van der Waals surface area contributed by atoms with Crippen molar-refractivity contribution in [3.05, 3.63) is 10.6 Å². The zero-order chi connectivity index (χ0) is 9.68. The van der Waals surface area contributed by atoms with Crippen LogP contribution < -0.4 is 5.76 Å². The van der Waals surface area contributed by atoms with Gasteiger partial charge in [0.05, 0.1) is 0 Å². The third kappa shape index (κ3) is 2.26. The molecular formula is C5N4O4. The minimum absolute atomic E-state index is 0.472. The minimum atomic E-state index is -1.07. The van der Waals surface area contributed by atoms with E-state index in [1.807, 2.05) is 0 Å². The molecule has 64 valence electrons. The highest BCUT2D eigenvalue weighted by atomic mass is 16.4. The second-order valence-electron chi connectivity index (χ2n) is 1.58. The van der Waals surface area contributed by atoms with Gasteiger partial charge in [-0.1, -0.05) is 0 Å². The quantitative estimate of drug-likeness (QED) is 0.441. The van der Waals surface area contributed by atoms with Gasteiger partial charge in [-0.25, -0.2) is 14.4 Å². The molecule has 1 aromatic heterocycles. The zero-order valence-corrected chi connectivity index (χ0v) is 5.92. The topological polar surface area (TPSA) is 115 Å². The molecule has 1 aromatic rings. The van der Waals surface area contributed by atoms with Crippen molar-refractivity contribution in [2.24, 2.45) is 9.98 Å². The summed E-state index contributed by atoms with van der Waals surface area (Å²) in [6.45, 7) is 0. The molecule has 0 aliphatic rings. The average Bonchev–Trinajstić information content (AvgIpc) is 2.04. The number of isocyanates is 2. The fourth-order valence-corrected chi connectivity index (χ4v) is 0.494. The van der Waals surface area contributed by atoms with Gasteiger partial charge in [-0.05, 0) is 0 Å². The van der Waals surface area contributed by atoms with Crippen molar-refractivity contribution in [3.63, 3.8) is 0 Å². The van der Waals surface area contributed by atoms with Crippen molar-refractivity contribution in [2.45, 2.75) is 0 Å². The van der Waals surface area contributed by atoms with Gasteiger partial charge in [0.2, 0.25) is 12.2 Å². The van der Waals surface area contributed by atoms with E-state index in [0.717, 1.165) is 12.2 Å². The van der Waals surface area contributed by atoms with Crippen molar-refractivity contribution in [1.82, 2.24) is 9.97 Å². The number of hydrogen-bond acceptors (Lipinski definition) is 8. The Balaban J connectivity index is 3.33. The SMILES string of the molecule is O=C=Nc1nc(N=C=O)oc(=O)n1. The van der Waals surface area contributed by atoms with Crippen LogP contribution in [0, 0.1) is 0 Å². The molecule has 0 bridgehead atoms. The highest BCUT2D eigenvalue weighted by molar-refractivity contribution is 5.43. The normalized spacial score (nSPS) is 8.31. The molecule has 0 aromatic carbocycles. The van der Waals surface area contributed by atoms with E-state index >= 15 is 0 Å². The molecule has 0 aliphatic carbocycles. The lowest BCUT2D eigenvalue weighted by molar-refractivity contribution is 0.474. The first-order valence-electron chi connectivity index (χ1n) is 2.81. The Morgan fingerprint density at radius 1 is 1.15 bits per heavy atom. The highest BCUT2D eigenvalue weighted by Crippen LogP contribution is 2.06. The Hall–Kier alpha value is -2.43. The fourth-order valence-electron chi connectivity index (χ4n) is 0.494. The van der Waals surface area contributed by atoms with Gasteiger partial charge < -0.3 is 4.42 Å². The molecule has 0 saturated carbocycles. The average molecular weight is 180 g/mol. The van der Waals surface area contributed by atoms with Gasteiger partial charge in [-0.3, -0.25) is 0 Å². The number of aliphatic imine (C=N–C) groups is 2. The maximum Gasteiger partial charge on any atom is 0.444 e. The number of nitrogens with zero attached hydrogens (tertiary/aromatic N) is 4. The summed E-state index contributed by atoms with van der Waals surface area (Å²) < 4.78 is 4.21. The third-order valence-electron chi connectivity index (χ3n) is 0.852. The van der Waals surface area contributed by atoms with E-state index in [-0.39, 0.29) is 0 Å². The minimum Gasteiger partial charge on any atom is -0.372 e. The molecule has 0 atom stereocenters. The molecule has 1 heterocycles. The van der Waals surface area contributed by atoms with Crippen LogP contribution in [0.2, 0.25) is 0 Å².